The Morgan fingerprint density at radius 3 is 2.44 bits per heavy atom. The zero-order valence-electron chi connectivity index (χ0n) is 11.7. The minimum Gasteiger partial charge on any atom is -0.315 e. The van der Waals surface area contributed by atoms with Crippen LogP contribution in [-0.4, -0.2) is 37.6 Å². The molecular weight excluding hydrogens is 251 g/mol. The molecule has 0 aliphatic heterocycles. The smallest absolute Gasteiger partial charge is 0.141 e. The predicted molar refractivity (Wildman–Crippen MR) is 75.7 cm³/mol. The monoisotopic (exact) mass is 272 g/mol. The van der Waals surface area contributed by atoms with Crippen LogP contribution in [0.5, 0.6) is 0 Å². The van der Waals surface area contributed by atoms with E-state index in [-0.39, 0.29) is 22.4 Å². The zero-order chi connectivity index (χ0) is 13.9. The molecule has 18 heavy (non-hydrogen) atoms. The van der Waals surface area contributed by atoms with Gasteiger partial charge in [0.1, 0.15) is 5.82 Å². The fourth-order valence-electron chi connectivity index (χ4n) is 1.92. The van der Waals surface area contributed by atoms with Gasteiger partial charge in [-0.25, -0.2) is 4.39 Å². The molecule has 0 aromatic heterocycles. The van der Waals surface area contributed by atoms with Crippen LogP contribution >= 0.6 is 11.6 Å². The Hall–Kier alpha value is -0.640. The van der Waals surface area contributed by atoms with Crippen LogP contribution in [0.1, 0.15) is 19.4 Å². The van der Waals surface area contributed by atoms with Gasteiger partial charge in [0.15, 0.2) is 0 Å². The second kappa shape index (κ2) is 6.00. The first-order valence-electron chi connectivity index (χ1n) is 6.07. The Kier molecular flexibility index (Phi) is 5.14. The quantitative estimate of drug-likeness (QED) is 0.887. The summed E-state index contributed by atoms with van der Waals surface area (Å²) in [6, 6.07) is 5.17. The van der Waals surface area contributed by atoms with E-state index in [1.54, 1.807) is 12.1 Å². The fourth-order valence-corrected chi connectivity index (χ4v) is 2.12. The highest BCUT2D eigenvalue weighted by Gasteiger charge is 2.30. The maximum absolute atomic E-state index is 13.1. The molecule has 0 spiro atoms. The second-order valence-corrected chi connectivity index (χ2v) is 5.75. The lowest BCUT2D eigenvalue weighted by atomic mass is 9.88. The number of halogens is 2. The standard InChI is InChI=1S/C14H22ClFN2/c1-14(2,18(4)5)13(17-3)9-10-6-7-12(16)11(15)8-10/h6-8,13,17H,9H2,1-5H3. The van der Waals surface area contributed by atoms with Crippen molar-refractivity contribution in [2.24, 2.45) is 0 Å². The molecule has 0 fully saturated rings. The van der Waals surface area contributed by atoms with Crippen molar-refractivity contribution >= 4 is 11.6 Å². The van der Waals surface area contributed by atoms with Crippen LogP contribution in [0.4, 0.5) is 4.39 Å². The third kappa shape index (κ3) is 3.44. The van der Waals surface area contributed by atoms with E-state index in [4.69, 9.17) is 11.6 Å². The summed E-state index contributed by atoms with van der Waals surface area (Å²) in [7, 11) is 6.06. The summed E-state index contributed by atoms with van der Waals surface area (Å²) in [5.41, 5.74) is 1.03. The molecule has 0 heterocycles. The van der Waals surface area contributed by atoms with Crippen LogP contribution in [-0.2, 0) is 6.42 Å². The van der Waals surface area contributed by atoms with E-state index in [9.17, 15) is 4.39 Å². The van der Waals surface area contributed by atoms with E-state index in [1.165, 1.54) is 6.07 Å². The summed E-state index contributed by atoms with van der Waals surface area (Å²) in [5, 5.41) is 3.51. The van der Waals surface area contributed by atoms with Gasteiger partial charge in [0.05, 0.1) is 5.02 Å². The van der Waals surface area contributed by atoms with Gasteiger partial charge in [-0.15, -0.1) is 0 Å². The molecule has 0 saturated carbocycles. The highest BCUT2D eigenvalue weighted by Crippen LogP contribution is 2.22. The summed E-state index contributed by atoms with van der Waals surface area (Å²) < 4.78 is 13.1. The van der Waals surface area contributed by atoms with Crippen molar-refractivity contribution in [2.45, 2.75) is 31.8 Å². The van der Waals surface area contributed by atoms with Gasteiger partial charge in [-0.1, -0.05) is 17.7 Å². The number of nitrogens with one attached hydrogen (secondary N) is 1. The van der Waals surface area contributed by atoms with Gasteiger partial charge in [0.2, 0.25) is 0 Å². The van der Waals surface area contributed by atoms with Gasteiger partial charge < -0.3 is 10.2 Å². The molecule has 1 aromatic rings. The summed E-state index contributed by atoms with van der Waals surface area (Å²) in [6.45, 7) is 4.36. The lowest BCUT2D eigenvalue weighted by molar-refractivity contribution is 0.141. The van der Waals surface area contributed by atoms with E-state index in [0.717, 1.165) is 12.0 Å². The molecule has 0 aliphatic rings. The normalized spacial score (nSPS) is 14.0. The van der Waals surface area contributed by atoms with Crippen molar-refractivity contribution in [2.75, 3.05) is 21.1 Å². The van der Waals surface area contributed by atoms with Gasteiger partial charge in [-0.2, -0.15) is 0 Å². The van der Waals surface area contributed by atoms with Crippen molar-refractivity contribution < 1.29 is 4.39 Å². The van der Waals surface area contributed by atoms with E-state index >= 15 is 0 Å². The predicted octanol–water partition coefficient (Wildman–Crippen LogP) is 2.95. The average Bonchev–Trinajstić information content (AvgIpc) is 2.30. The van der Waals surface area contributed by atoms with Crippen molar-refractivity contribution in [1.82, 2.24) is 10.2 Å². The first-order chi connectivity index (χ1) is 8.28. The summed E-state index contributed by atoms with van der Waals surface area (Å²) in [6.07, 6.45) is 0.807. The molecule has 1 rings (SSSR count). The van der Waals surface area contributed by atoms with Crippen LogP contribution in [0.15, 0.2) is 18.2 Å². The molecule has 1 N–H and O–H groups in total. The average molecular weight is 273 g/mol. The van der Waals surface area contributed by atoms with Crippen LogP contribution < -0.4 is 5.32 Å². The molecule has 1 atom stereocenters. The maximum atomic E-state index is 13.1. The Morgan fingerprint density at radius 2 is 2.00 bits per heavy atom. The molecule has 2 nitrogen and oxygen atoms in total. The Morgan fingerprint density at radius 1 is 1.39 bits per heavy atom. The number of nitrogens with zero attached hydrogens (tertiary/aromatic N) is 1. The largest absolute Gasteiger partial charge is 0.315 e. The molecule has 0 amide bonds. The van der Waals surface area contributed by atoms with Gasteiger partial charge in [0.25, 0.3) is 0 Å². The summed E-state index contributed by atoms with van der Waals surface area (Å²) >= 11 is 5.81. The minimum absolute atomic E-state index is 0.00435. The molecular formula is C14H22ClFN2. The highest BCUT2D eigenvalue weighted by atomic mass is 35.5. The first kappa shape index (κ1) is 15.4. The number of likely N-dealkylation sites (N-methyl/N-ethyl adjacent to an activating group) is 2. The molecule has 0 radical (unpaired) electrons. The lowest BCUT2D eigenvalue weighted by Gasteiger charge is -2.40. The molecule has 0 saturated heterocycles. The Labute approximate surface area is 114 Å². The second-order valence-electron chi connectivity index (χ2n) is 5.34. The van der Waals surface area contributed by atoms with Gasteiger partial charge >= 0.3 is 0 Å². The SMILES string of the molecule is CNC(Cc1ccc(F)c(Cl)c1)C(C)(C)N(C)C. The van der Waals surface area contributed by atoms with Crippen molar-refractivity contribution in [3.05, 3.63) is 34.6 Å². The van der Waals surface area contributed by atoms with Gasteiger partial charge in [0, 0.05) is 11.6 Å². The zero-order valence-corrected chi connectivity index (χ0v) is 12.5. The van der Waals surface area contributed by atoms with E-state index < -0.39 is 0 Å². The fraction of sp³-hybridized carbons (Fsp3) is 0.571. The number of hydrogen-bond acceptors (Lipinski definition) is 2. The Bertz CT molecular complexity index is 405. The summed E-state index contributed by atoms with van der Waals surface area (Å²) in [4.78, 5) is 2.18. The Balaban J connectivity index is 2.89. The van der Waals surface area contributed by atoms with Crippen molar-refractivity contribution in [1.29, 1.82) is 0 Å². The third-order valence-corrected chi connectivity index (χ3v) is 4.07. The van der Waals surface area contributed by atoms with Crippen LogP contribution in [0.25, 0.3) is 0 Å². The number of benzene rings is 1. The number of rotatable bonds is 5. The third-order valence-electron chi connectivity index (χ3n) is 3.78. The molecule has 0 bridgehead atoms. The molecule has 0 aliphatic carbocycles. The van der Waals surface area contributed by atoms with E-state index in [0.29, 0.717) is 0 Å². The molecule has 4 heteroatoms. The lowest BCUT2D eigenvalue weighted by Crippen LogP contribution is -2.55. The first-order valence-corrected chi connectivity index (χ1v) is 6.45. The van der Waals surface area contributed by atoms with Crippen molar-refractivity contribution in [3.8, 4) is 0 Å². The van der Waals surface area contributed by atoms with Crippen LogP contribution in [0.2, 0.25) is 5.02 Å². The van der Waals surface area contributed by atoms with E-state index in [2.05, 4.69) is 38.2 Å². The minimum atomic E-state index is -0.367. The van der Waals surface area contributed by atoms with Gasteiger partial charge in [-0.05, 0) is 59.1 Å². The maximum Gasteiger partial charge on any atom is 0.141 e. The van der Waals surface area contributed by atoms with E-state index in [1.807, 2.05) is 7.05 Å². The van der Waals surface area contributed by atoms with Crippen molar-refractivity contribution in [3.63, 3.8) is 0 Å². The van der Waals surface area contributed by atoms with Gasteiger partial charge in [-0.3, -0.25) is 0 Å². The molecule has 102 valence electrons. The molecule has 1 unspecified atom stereocenters. The van der Waals surface area contributed by atoms with Crippen LogP contribution in [0, 0.1) is 5.82 Å². The number of hydrogen-bond donors (Lipinski definition) is 1. The molecule has 1 aromatic carbocycles. The summed E-state index contributed by atoms with van der Waals surface area (Å²) in [5.74, 6) is -0.367. The topological polar surface area (TPSA) is 15.3 Å². The highest BCUT2D eigenvalue weighted by molar-refractivity contribution is 6.30. The van der Waals surface area contributed by atoms with Crippen LogP contribution in [0.3, 0.4) is 0 Å².